The summed E-state index contributed by atoms with van der Waals surface area (Å²) in [6, 6.07) is 10.5. The Morgan fingerprint density at radius 3 is 2.45 bits per heavy atom. The highest BCUT2D eigenvalue weighted by Gasteiger charge is 2.33. The zero-order valence-electron chi connectivity index (χ0n) is 16.0. The van der Waals surface area contributed by atoms with Gasteiger partial charge in [-0.15, -0.1) is 6.58 Å². The number of hydrogen-bond donors (Lipinski definition) is 1. The van der Waals surface area contributed by atoms with Crippen molar-refractivity contribution in [3.05, 3.63) is 71.8 Å². The van der Waals surface area contributed by atoms with E-state index >= 15 is 0 Å². The number of anilines is 1. The van der Waals surface area contributed by atoms with Gasteiger partial charge in [0.15, 0.2) is 0 Å². The second-order valence-corrected chi connectivity index (χ2v) is 8.22. The molecule has 2 rings (SSSR count). The molecule has 0 bridgehead atoms. The minimum absolute atomic E-state index is 0.122. The number of nitrogens with zero attached hydrogens (tertiary/aromatic N) is 1. The van der Waals surface area contributed by atoms with Crippen LogP contribution in [0.5, 0.6) is 0 Å². The molecule has 0 saturated carbocycles. The summed E-state index contributed by atoms with van der Waals surface area (Å²) in [5.74, 6) is -0.924. The van der Waals surface area contributed by atoms with Gasteiger partial charge in [-0.3, -0.25) is 9.52 Å². The van der Waals surface area contributed by atoms with E-state index in [9.17, 15) is 26.4 Å². The first-order valence-corrected chi connectivity index (χ1v) is 10.1. The lowest BCUT2D eigenvalue weighted by Crippen LogP contribution is -2.39. The zero-order valence-corrected chi connectivity index (χ0v) is 16.8. The van der Waals surface area contributed by atoms with Crippen molar-refractivity contribution in [2.75, 3.05) is 17.8 Å². The third kappa shape index (κ3) is 6.08. The maximum atomic E-state index is 12.8. The van der Waals surface area contributed by atoms with Crippen LogP contribution in [0.15, 0.2) is 60.0 Å². The van der Waals surface area contributed by atoms with Gasteiger partial charge in [-0.1, -0.05) is 24.3 Å². The molecule has 0 aromatic heterocycles. The highest BCUT2D eigenvalue weighted by Crippen LogP contribution is 2.23. The molecule has 0 saturated heterocycles. The number of hydrogen-bond acceptors (Lipinski definition) is 3. The monoisotopic (exact) mass is 426 g/mol. The molecule has 0 aliphatic carbocycles. The number of nitrogens with one attached hydrogen (secondary N) is 1. The van der Waals surface area contributed by atoms with Crippen LogP contribution in [0.1, 0.15) is 21.5 Å². The molecule has 0 aliphatic heterocycles. The van der Waals surface area contributed by atoms with Crippen molar-refractivity contribution >= 4 is 21.6 Å². The van der Waals surface area contributed by atoms with Crippen molar-refractivity contribution in [1.82, 2.24) is 4.90 Å². The quantitative estimate of drug-likeness (QED) is 0.672. The summed E-state index contributed by atoms with van der Waals surface area (Å²) in [5, 5.41) is 0. The Morgan fingerprint density at radius 2 is 1.86 bits per heavy atom. The molecule has 0 unspecified atom stereocenters. The molecule has 2 aromatic rings. The number of rotatable bonds is 7. The predicted octanol–water partition coefficient (Wildman–Crippen LogP) is 4.29. The Kier molecular flexibility index (Phi) is 6.73. The third-order valence-electron chi connectivity index (χ3n) is 4.03. The molecular weight excluding hydrogens is 405 g/mol. The molecule has 0 heterocycles. The first kappa shape index (κ1) is 22.5. The largest absolute Gasteiger partial charge is 0.406 e. The lowest BCUT2D eigenvalue weighted by atomic mass is 10.1. The predicted molar refractivity (Wildman–Crippen MR) is 105 cm³/mol. The van der Waals surface area contributed by atoms with Gasteiger partial charge in [-0.25, -0.2) is 8.42 Å². The highest BCUT2D eigenvalue weighted by molar-refractivity contribution is 7.92. The molecule has 9 heteroatoms. The number of carbonyl (C=O) groups is 1. The van der Waals surface area contributed by atoms with Gasteiger partial charge in [0.05, 0.1) is 4.90 Å². The van der Waals surface area contributed by atoms with Crippen molar-refractivity contribution in [2.24, 2.45) is 0 Å². The number of sulfonamides is 1. The molecule has 1 N–H and O–H groups in total. The van der Waals surface area contributed by atoms with E-state index in [0.717, 1.165) is 11.6 Å². The summed E-state index contributed by atoms with van der Waals surface area (Å²) >= 11 is 0. The van der Waals surface area contributed by atoms with Crippen LogP contribution in [-0.4, -0.2) is 38.5 Å². The van der Waals surface area contributed by atoms with E-state index in [-0.39, 0.29) is 17.0 Å². The summed E-state index contributed by atoms with van der Waals surface area (Å²) in [4.78, 5) is 13.0. The third-order valence-corrected chi connectivity index (χ3v) is 5.41. The van der Waals surface area contributed by atoms with Crippen LogP contribution >= 0.6 is 0 Å². The Labute approximate surface area is 167 Å². The Bertz CT molecular complexity index is 1020. The van der Waals surface area contributed by atoms with E-state index in [0.29, 0.717) is 16.2 Å². The summed E-state index contributed by atoms with van der Waals surface area (Å²) in [7, 11) is -4.04. The van der Waals surface area contributed by atoms with E-state index in [4.69, 9.17) is 0 Å². The second-order valence-electron chi connectivity index (χ2n) is 6.54. The fourth-order valence-corrected chi connectivity index (χ4v) is 3.76. The lowest BCUT2D eigenvalue weighted by molar-refractivity contribution is -0.139. The van der Waals surface area contributed by atoms with Crippen LogP contribution in [-0.2, 0) is 10.0 Å². The molecule has 29 heavy (non-hydrogen) atoms. The molecule has 0 fully saturated rings. The van der Waals surface area contributed by atoms with Crippen LogP contribution in [0.4, 0.5) is 18.9 Å². The maximum absolute atomic E-state index is 12.8. The Balaban J connectivity index is 2.39. The van der Waals surface area contributed by atoms with Gasteiger partial charge in [0.2, 0.25) is 0 Å². The average molecular weight is 426 g/mol. The molecule has 0 radical (unpaired) electrons. The van der Waals surface area contributed by atoms with E-state index in [1.807, 2.05) is 0 Å². The summed E-state index contributed by atoms with van der Waals surface area (Å²) < 4.78 is 66.2. The van der Waals surface area contributed by atoms with Crippen LogP contribution in [0.3, 0.4) is 0 Å². The van der Waals surface area contributed by atoms with Crippen LogP contribution < -0.4 is 4.72 Å². The van der Waals surface area contributed by atoms with Gasteiger partial charge >= 0.3 is 6.18 Å². The second kappa shape index (κ2) is 8.69. The summed E-state index contributed by atoms with van der Waals surface area (Å²) in [5.41, 5.74) is 1.42. The summed E-state index contributed by atoms with van der Waals surface area (Å²) in [6.07, 6.45) is -3.41. The van der Waals surface area contributed by atoms with E-state index in [1.54, 1.807) is 31.2 Å². The first-order chi connectivity index (χ1) is 13.4. The average Bonchev–Trinajstić information content (AvgIpc) is 2.59. The molecule has 0 atom stereocenters. The van der Waals surface area contributed by atoms with Gasteiger partial charge in [0, 0.05) is 17.8 Å². The van der Waals surface area contributed by atoms with Crippen LogP contribution in [0, 0.1) is 13.8 Å². The fourth-order valence-electron chi connectivity index (χ4n) is 2.68. The van der Waals surface area contributed by atoms with Crippen LogP contribution in [0.25, 0.3) is 0 Å². The van der Waals surface area contributed by atoms with Crippen molar-refractivity contribution in [2.45, 2.75) is 24.9 Å². The fraction of sp³-hybridized carbons (Fsp3) is 0.250. The Hall–Kier alpha value is -2.81. The number of alkyl halides is 3. The molecule has 1 amide bonds. The van der Waals surface area contributed by atoms with Crippen molar-refractivity contribution in [3.63, 3.8) is 0 Å². The molecule has 5 nitrogen and oxygen atoms in total. The van der Waals surface area contributed by atoms with Crippen molar-refractivity contribution in [3.8, 4) is 0 Å². The van der Waals surface area contributed by atoms with E-state index < -0.39 is 28.7 Å². The van der Waals surface area contributed by atoms with Gasteiger partial charge in [-0.2, -0.15) is 13.2 Å². The number of benzene rings is 2. The van der Waals surface area contributed by atoms with Crippen molar-refractivity contribution < 1.29 is 26.4 Å². The van der Waals surface area contributed by atoms with Gasteiger partial charge < -0.3 is 4.90 Å². The number of halogens is 3. The van der Waals surface area contributed by atoms with Crippen LogP contribution in [0.2, 0.25) is 0 Å². The number of aryl methyl sites for hydroxylation is 2. The normalized spacial score (nSPS) is 11.8. The zero-order chi connectivity index (χ0) is 21.8. The number of carbonyl (C=O) groups excluding carboxylic acids is 1. The smallest absolute Gasteiger partial charge is 0.326 e. The highest BCUT2D eigenvalue weighted by atomic mass is 32.2. The van der Waals surface area contributed by atoms with E-state index in [2.05, 4.69) is 11.3 Å². The topological polar surface area (TPSA) is 66.5 Å². The molecular formula is C20H21F3N2O3S. The van der Waals surface area contributed by atoms with Crippen molar-refractivity contribution in [1.29, 1.82) is 0 Å². The first-order valence-electron chi connectivity index (χ1n) is 8.60. The number of amides is 1. The summed E-state index contributed by atoms with van der Waals surface area (Å²) in [6.45, 7) is 4.91. The lowest BCUT2D eigenvalue weighted by Gasteiger charge is -2.23. The minimum atomic E-state index is -4.59. The molecule has 156 valence electrons. The van der Waals surface area contributed by atoms with E-state index in [1.165, 1.54) is 25.1 Å². The molecule has 0 spiro atoms. The SMILES string of the molecule is C=CCN(CC(F)(F)F)C(=O)c1cc(S(=O)(=O)Nc2cccc(C)c2)ccc1C. The van der Waals surface area contributed by atoms with Gasteiger partial charge in [-0.05, 0) is 49.2 Å². The standard InChI is InChI=1S/C20H21F3N2O3S/c1-4-10-25(13-20(21,22)23)19(26)18-12-17(9-8-15(18)3)29(27,28)24-16-7-5-6-14(2)11-16/h4-9,11-12,24H,1,10,13H2,2-3H3. The Morgan fingerprint density at radius 1 is 1.17 bits per heavy atom. The minimum Gasteiger partial charge on any atom is -0.326 e. The van der Waals surface area contributed by atoms with Gasteiger partial charge in [0.1, 0.15) is 6.54 Å². The van der Waals surface area contributed by atoms with Gasteiger partial charge in [0.25, 0.3) is 15.9 Å². The molecule has 0 aliphatic rings. The maximum Gasteiger partial charge on any atom is 0.406 e. The molecule has 2 aromatic carbocycles.